The van der Waals surface area contributed by atoms with E-state index in [0.717, 1.165) is 12.5 Å². The van der Waals surface area contributed by atoms with Gasteiger partial charge in [-0.15, -0.1) is 0 Å². The van der Waals surface area contributed by atoms with E-state index in [9.17, 15) is 0 Å². The molecular weight excluding hydrogens is 160 g/mol. The Balaban J connectivity index is 2.23. The van der Waals surface area contributed by atoms with Crippen LogP contribution in [0.4, 0.5) is 0 Å². The average Bonchev–Trinajstić information content (AvgIpc) is 2.45. The van der Waals surface area contributed by atoms with Crippen molar-refractivity contribution in [2.24, 2.45) is 11.7 Å². The number of nitrogens with zero attached hydrogens (tertiary/aromatic N) is 1. The second kappa shape index (κ2) is 5.61. The lowest BCUT2D eigenvalue weighted by Gasteiger charge is -2.14. The minimum Gasteiger partial charge on any atom is -0.326 e. The Morgan fingerprint density at radius 1 is 1.23 bits per heavy atom. The van der Waals surface area contributed by atoms with Crippen LogP contribution in [0.1, 0.15) is 39.5 Å². The minimum atomic E-state index is 0.441. The highest BCUT2D eigenvalue weighted by Crippen LogP contribution is 2.20. The molecule has 0 bridgehead atoms. The molecule has 13 heavy (non-hydrogen) atoms. The van der Waals surface area contributed by atoms with E-state index in [1.54, 1.807) is 0 Å². The van der Waals surface area contributed by atoms with Crippen molar-refractivity contribution in [3.05, 3.63) is 0 Å². The van der Waals surface area contributed by atoms with Crippen LogP contribution in [0, 0.1) is 5.92 Å². The Morgan fingerprint density at radius 2 is 2.00 bits per heavy atom. The Bertz CT molecular complexity index is 136. The summed E-state index contributed by atoms with van der Waals surface area (Å²) in [5.41, 5.74) is 6.09. The summed E-state index contributed by atoms with van der Waals surface area (Å²) in [5, 5.41) is 0. The van der Waals surface area contributed by atoms with Crippen molar-refractivity contribution < 1.29 is 0 Å². The molecule has 2 unspecified atom stereocenters. The summed E-state index contributed by atoms with van der Waals surface area (Å²) in [6, 6.07) is 0.441. The van der Waals surface area contributed by atoms with E-state index in [1.807, 2.05) is 0 Å². The van der Waals surface area contributed by atoms with Crippen molar-refractivity contribution in [2.75, 3.05) is 19.6 Å². The SMILES string of the molecule is CCCCN1CC(N)C(CCC)C1. The zero-order valence-corrected chi connectivity index (χ0v) is 9.13. The van der Waals surface area contributed by atoms with Gasteiger partial charge in [0.1, 0.15) is 0 Å². The first-order valence-electron chi connectivity index (χ1n) is 5.75. The van der Waals surface area contributed by atoms with Crippen LogP contribution < -0.4 is 5.73 Å². The van der Waals surface area contributed by atoms with E-state index in [2.05, 4.69) is 18.7 Å². The van der Waals surface area contributed by atoms with Crippen LogP contribution in [-0.4, -0.2) is 30.6 Å². The molecule has 2 N–H and O–H groups in total. The molecule has 0 aliphatic carbocycles. The maximum absolute atomic E-state index is 6.09. The third kappa shape index (κ3) is 3.28. The largest absolute Gasteiger partial charge is 0.326 e. The van der Waals surface area contributed by atoms with Gasteiger partial charge in [0, 0.05) is 19.1 Å². The van der Waals surface area contributed by atoms with Crippen LogP contribution in [0.15, 0.2) is 0 Å². The second-order valence-corrected chi connectivity index (χ2v) is 4.33. The zero-order chi connectivity index (χ0) is 9.68. The highest BCUT2D eigenvalue weighted by molar-refractivity contribution is 4.86. The monoisotopic (exact) mass is 184 g/mol. The summed E-state index contributed by atoms with van der Waals surface area (Å²) in [6.45, 7) is 8.13. The van der Waals surface area contributed by atoms with E-state index in [-0.39, 0.29) is 0 Å². The molecule has 0 radical (unpaired) electrons. The number of likely N-dealkylation sites (tertiary alicyclic amines) is 1. The molecule has 0 aromatic rings. The summed E-state index contributed by atoms with van der Waals surface area (Å²) in [4.78, 5) is 2.54. The lowest BCUT2D eigenvalue weighted by Crippen LogP contribution is -2.29. The number of nitrogens with two attached hydrogens (primary N) is 1. The molecule has 0 amide bonds. The zero-order valence-electron chi connectivity index (χ0n) is 9.13. The van der Waals surface area contributed by atoms with Crippen molar-refractivity contribution in [3.8, 4) is 0 Å². The van der Waals surface area contributed by atoms with Crippen LogP contribution in [0.25, 0.3) is 0 Å². The smallest absolute Gasteiger partial charge is 0.0208 e. The molecule has 2 heteroatoms. The van der Waals surface area contributed by atoms with Gasteiger partial charge < -0.3 is 10.6 Å². The molecular formula is C11H24N2. The molecule has 0 saturated carbocycles. The Labute approximate surface area is 82.5 Å². The summed E-state index contributed by atoms with van der Waals surface area (Å²) >= 11 is 0. The molecule has 78 valence electrons. The molecule has 1 saturated heterocycles. The van der Waals surface area contributed by atoms with Crippen LogP contribution in [0.2, 0.25) is 0 Å². The van der Waals surface area contributed by atoms with Gasteiger partial charge in [-0.1, -0.05) is 26.7 Å². The molecule has 2 atom stereocenters. The van der Waals surface area contributed by atoms with Gasteiger partial charge in [-0.3, -0.25) is 0 Å². The van der Waals surface area contributed by atoms with E-state index < -0.39 is 0 Å². The molecule has 1 aliphatic rings. The normalized spacial score (nSPS) is 29.8. The van der Waals surface area contributed by atoms with Gasteiger partial charge in [0.05, 0.1) is 0 Å². The fourth-order valence-corrected chi connectivity index (χ4v) is 2.23. The molecule has 1 fully saturated rings. The Kier molecular flexibility index (Phi) is 4.74. The third-order valence-corrected chi connectivity index (χ3v) is 3.05. The Hall–Kier alpha value is -0.0800. The van der Waals surface area contributed by atoms with Crippen LogP contribution in [0.3, 0.4) is 0 Å². The molecule has 0 spiro atoms. The van der Waals surface area contributed by atoms with E-state index in [1.165, 1.54) is 38.8 Å². The fraction of sp³-hybridized carbons (Fsp3) is 1.00. The van der Waals surface area contributed by atoms with Gasteiger partial charge in [-0.2, -0.15) is 0 Å². The summed E-state index contributed by atoms with van der Waals surface area (Å²) in [7, 11) is 0. The van der Waals surface area contributed by atoms with Gasteiger partial charge in [-0.05, 0) is 25.3 Å². The van der Waals surface area contributed by atoms with Crippen molar-refractivity contribution >= 4 is 0 Å². The van der Waals surface area contributed by atoms with Crippen molar-refractivity contribution in [3.63, 3.8) is 0 Å². The van der Waals surface area contributed by atoms with Crippen molar-refractivity contribution in [1.29, 1.82) is 0 Å². The maximum Gasteiger partial charge on any atom is 0.0208 e. The fourth-order valence-electron chi connectivity index (χ4n) is 2.23. The summed E-state index contributed by atoms with van der Waals surface area (Å²) in [5.74, 6) is 0.766. The minimum absolute atomic E-state index is 0.441. The average molecular weight is 184 g/mol. The topological polar surface area (TPSA) is 29.3 Å². The van der Waals surface area contributed by atoms with Gasteiger partial charge >= 0.3 is 0 Å². The molecule has 2 nitrogen and oxygen atoms in total. The van der Waals surface area contributed by atoms with Crippen LogP contribution in [-0.2, 0) is 0 Å². The number of unbranched alkanes of at least 4 members (excludes halogenated alkanes) is 1. The lowest BCUT2D eigenvalue weighted by atomic mass is 9.99. The van der Waals surface area contributed by atoms with Crippen LogP contribution in [0.5, 0.6) is 0 Å². The standard InChI is InChI=1S/C11H24N2/c1-3-5-7-13-8-10(6-4-2)11(12)9-13/h10-11H,3-9,12H2,1-2H3. The molecule has 1 aliphatic heterocycles. The number of hydrogen-bond acceptors (Lipinski definition) is 2. The predicted octanol–water partition coefficient (Wildman–Crippen LogP) is 1.85. The summed E-state index contributed by atoms with van der Waals surface area (Å²) < 4.78 is 0. The van der Waals surface area contributed by atoms with Gasteiger partial charge in [0.15, 0.2) is 0 Å². The second-order valence-electron chi connectivity index (χ2n) is 4.33. The highest BCUT2D eigenvalue weighted by Gasteiger charge is 2.28. The predicted molar refractivity (Wildman–Crippen MR) is 57.7 cm³/mol. The quantitative estimate of drug-likeness (QED) is 0.706. The van der Waals surface area contributed by atoms with Gasteiger partial charge in [-0.25, -0.2) is 0 Å². The van der Waals surface area contributed by atoms with Gasteiger partial charge in [0.25, 0.3) is 0 Å². The van der Waals surface area contributed by atoms with E-state index >= 15 is 0 Å². The van der Waals surface area contributed by atoms with Crippen molar-refractivity contribution in [1.82, 2.24) is 4.90 Å². The molecule has 0 aromatic carbocycles. The molecule has 1 heterocycles. The van der Waals surface area contributed by atoms with Crippen LogP contribution >= 0.6 is 0 Å². The first-order valence-corrected chi connectivity index (χ1v) is 5.75. The van der Waals surface area contributed by atoms with Crippen molar-refractivity contribution in [2.45, 2.75) is 45.6 Å². The molecule has 0 aromatic heterocycles. The number of hydrogen-bond donors (Lipinski definition) is 1. The first-order chi connectivity index (χ1) is 6.27. The molecule has 1 rings (SSSR count). The highest BCUT2D eigenvalue weighted by atomic mass is 15.2. The summed E-state index contributed by atoms with van der Waals surface area (Å²) in [6.07, 6.45) is 5.21. The van der Waals surface area contributed by atoms with Gasteiger partial charge in [0.2, 0.25) is 0 Å². The lowest BCUT2D eigenvalue weighted by molar-refractivity contribution is 0.314. The number of rotatable bonds is 5. The first kappa shape index (κ1) is 11.0. The van der Waals surface area contributed by atoms with E-state index in [4.69, 9.17) is 5.73 Å². The Morgan fingerprint density at radius 3 is 2.62 bits per heavy atom. The van der Waals surface area contributed by atoms with E-state index in [0.29, 0.717) is 6.04 Å². The maximum atomic E-state index is 6.09. The third-order valence-electron chi connectivity index (χ3n) is 3.05.